The molecule has 0 bridgehead atoms. The summed E-state index contributed by atoms with van der Waals surface area (Å²) in [5, 5.41) is 13.8. The molecule has 3 N–H and O–H groups in total. The van der Waals surface area contributed by atoms with Gasteiger partial charge in [0, 0.05) is 6.04 Å². The van der Waals surface area contributed by atoms with Crippen molar-refractivity contribution in [1.29, 1.82) is 0 Å². The highest BCUT2D eigenvalue weighted by molar-refractivity contribution is 6.39. The average Bonchev–Trinajstić information content (AvgIpc) is 3.16. The molecule has 0 aliphatic heterocycles. The zero-order valence-corrected chi connectivity index (χ0v) is 12.3. The number of halogens is 3. The SMILES string of the molecule is O=C(O)CC(NC(=O)Nc1c(Cl)cc(F)cc1Cl)C1CC1. The number of hydrogen-bond acceptors (Lipinski definition) is 2. The van der Waals surface area contributed by atoms with Gasteiger partial charge in [-0.1, -0.05) is 23.2 Å². The standard InChI is InChI=1S/C13H13Cl2FN2O3/c14-8-3-7(16)4-9(15)12(8)18-13(21)17-10(5-11(19)20)6-1-2-6/h3-4,6,10H,1-2,5H2,(H,19,20)(H2,17,18,21). The number of rotatable bonds is 5. The van der Waals surface area contributed by atoms with E-state index in [1.54, 1.807) is 0 Å². The second-order valence-electron chi connectivity index (χ2n) is 4.88. The van der Waals surface area contributed by atoms with E-state index in [1.807, 2.05) is 0 Å². The summed E-state index contributed by atoms with van der Waals surface area (Å²) in [7, 11) is 0. The third kappa shape index (κ3) is 4.47. The number of urea groups is 1. The van der Waals surface area contributed by atoms with Crippen molar-refractivity contribution in [2.24, 2.45) is 5.92 Å². The van der Waals surface area contributed by atoms with Crippen molar-refractivity contribution in [3.05, 3.63) is 28.0 Å². The lowest BCUT2D eigenvalue weighted by Gasteiger charge is -2.17. The van der Waals surface area contributed by atoms with Crippen molar-refractivity contribution >= 4 is 40.9 Å². The maximum atomic E-state index is 13.1. The van der Waals surface area contributed by atoms with E-state index < -0.39 is 23.9 Å². The number of hydrogen-bond donors (Lipinski definition) is 3. The molecule has 21 heavy (non-hydrogen) atoms. The van der Waals surface area contributed by atoms with Crippen LogP contribution in [0.25, 0.3) is 0 Å². The first kappa shape index (κ1) is 15.9. The Bertz CT molecular complexity index is 556. The molecule has 1 fully saturated rings. The van der Waals surface area contributed by atoms with Gasteiger partial charge in [0.25, 0.3) is 0 Å². The number of amides is 2. The van der Waals surface area contributed by atoms with Gasteiger partial charge in [0.15, 0.2) is 0 Å². The minimum atomic E-state index is -0.981. The first-order valence-electron chi connectivity index (χ1n) is 6.30. The number of anilines is 1. The molecule has 0 radical (unpaired) electrons. The fourth-order valence-electron chi connectivity index (χ4n) is 2.00. The van der Waals surface area contributed by atoms with E-state index in [9.17, 15) is 14.0 Å². The zero-order chi connectivity index (χ0) is 15.6. The molecule has 0 heterocycles. The molecule has 0 saturated heterocycles. The van der Waals surface area contributed by atoms with E-state index in [2.05, 4.69) is 10.6 Å². The Labute approximate surface area is 130 Å². The van der Waals surface area contributed by atoms with Crippen molar-refractivity contribution in [3.8, 4) is 0 Å². The van der Waals surface area contributed by atoms with Crippen LogP contribution in [-0.4, -0.2) is 23.1 Å². The molecule has 1 aromatic carbocycles. The molecule has 0 spiro atoms. The highest BCUT2D eigenvalue weighted by atomic mass is 35.5. The van der Waals surface area contributed by atoms with Gasteiger partial charge in [-0.05, 0) is 30.9 Å². The number of benzene rings is 1. The summed E-state index contributed by atoms with van der Waals surface area (Å²) in [4.78, 5) is 22.7. The van der Waals surface area contributed by atoms with Gasteiger partial charge in [0.05, 0.1) is 22.2 Å². The third-order valence-corrected chi connectivity index (χ3v) is 3.74. The average molecular weight is 335 g/mol. The molecule has 8 heteroatoms. The van der Waals surface area contributed by atoms with Crippen LogP contribution >= 0.6 is 23.2 Å². The predicted molar refractivity (Wildman–Crippen MR) is 77.3 cm³/mol. The van der Waals surface area contributed by atoms with Crippen molar-refractivity contribution in [2.75, 3.05) is 5.32 Å². The number of carboxylic acid groups (broad SMARTS) is 1. The second-order valence-corrected chi connectivity index (χ2v) is 5.70. The highest BCUT2D eigenvalue weighted by Crippen LogP contribution is 2.34. The smallest absolute Gasteiger partial charge is 0.319 e. The third-order valence-electron chi connectivity index (χ3n) is 3.15. The van der Waals surface area contributed by atoms with Crippen LogP contribution in [0.1, 0.15) is 19.3 Å². The lowest BCUT2D eigenvalue weighted by Crippen LogP contribution is -2.40. The number of nitrogens with one attached hydrogen (secondary N) is 2. The quantitative estimate of drug-likeness (QED) is 0.770. The van der Waals surface area contributed by atoms with Crippen LogP contribution in [0.4, 0.5) is 14.9 Å². The summed E-state index contributed by atoms with van der Waals surface area (Å²) in [6.07, 6.45) is 1.62. The van der Waals surface area contributed by atoms with Crippen LogP contribution in [0.15, 0.2) is 12.1 Å². The molecule has 114 valence electrons. The van der Waals surface area contributed by atoms with Crippen LogP contribution in [0.5, 0.6) is 0 Å². The number of carbonyl (C=O) groups excluding carboxylic acids is 1. The number of aliphatic carboxylic acids is 1. The van der Waals surface area contributed by atoms with E-state index in [1.165, 1.54) is 0 Å². The van der Waals surface area contributed by atoms with E-state index in [-0.39, 0.29) is 28.1 Å². The van der Waals surface area contributed by atoms with Gasteiger partial charge in [0.2, 0.25) is 0 Å². The summed E-state index contributed by atoms with van der Waals surface area (Å²) in [5.74, 6) is -1.42. The number of carboxylic acids is 1. The minimum absolute atomic E-state index is 0.0312. The first-order chi connectivity index (χ1) is 9.86. The molecule has 1 aromatic rings. The van der Waals surface area contributed by atoms with Crippen molar-refractivity contribution in [2.45, 2.75) is 25.3 Å². The molecule has 0 aromatic heterocycles. The summed E-state index contributed by atoms with van der Waals surface area (Å²) in [6, 6.07) is 0.987. The summed E-state index contributed by atoms with van der Waals surface area (Å²) in [6.45, 7) is 0. The minimum Gasteiger partial charge on any atom is -0.481 e. The van der Waals surface area contributed by atoms with E-state index in [0.717, 1.165) is 25.0 Å². The Morgan fingerprint density at radius 2 is 1.90 bits per heavy atom. The van der Waals surface area contributed by atoms with Gasteiger partial charge < -0.3 is 15.7 Å². The summed E-state index contributed by atoms with van der Waals surface area (Å²) >= 11 is 11.6. The maximum Gasteiger partial charge on any atom is 0.319 e. The Morgan fingerprint density at radius 1 is 1.33 bits per heavy atom. The Hall–Kier alpha value is -1.53. The lowest BCUT2D eigenvalue weighted by molar-refractivity contribution is -0.137. The van der Waals surface area contributed by atoms with E-state index >= 15 is 0 Å². The molecule has 1 saturated carbocycles. The van der Waals surface area contributed by atoms with Gasteiger partial charge >= 0.3 is 12.0 Å². The summed E-state index contributed by atoms with van der Waals surface area (Å²) < 4.78 is 13.1. The van der Waals surface area contributed by atoms with Crippen LogP contribution in [0.3, 0.4) is 0 Å². The van der Waals surface area contributed by atoms with Crippen molar-refractivity contribution in [1.82, 2.24) is 5.32 Å². The zero-order valence-electron chi connectivity index (χ0n) is 10.8. The maximum absolute atomic E-state index is 13.1. The lowest BCUT2D eigenvalue weighted by atomic mass is 10.1. The molecule has 1 aliphatic rings. The van der Waals surface area contributed by atoms with Gasteiger partial charge in [-0.2, -0.15) is 0 Å². The largest absolute Gasteiger partial charge is 0.481 e. The Balaban J connectivity index is 2.02. The summed E-state index contributed by atoms with van der Waals surface area (Å²) in [5.41, 5.74) is 0.0853. The van der Waals surface area contributed by atoms with Crippen molar-refractivity contribution in [3.63, 3.8) is 0 Å². The predicted octanol–water partition coefficient (Wildman–Crippen LogP) is 3.51. The highest BCUT2D eigenvalue weighted by Gasteiger charge is 2.33. The van der Waals surface area contributed by atoms with Crippen LogP contribution in [0, 0.1) is 11.7 Å². The fraction of sp³-hybridized carbons (Fsp3) is 0.385. The Kier molecular flexibility index (Phi) is 4.90. The van der Waals surface area contributed by atoms with E-state index in [4.69, 9.17) is 28.3 Å². The Morgan fingerprint density at radius 3 is 2.38 bits per heavy atom. The topological polar surface area (TPSA) is 78.4 Å². The molecular weight excluding hydrogens is 322 g/mol. The van der Waals surface area contributed by atoms with Crippen molar-refractivity contribution < 1.29 is 19.1 Å². The second kappa shape index (κ2) is 6.49. The van der Waals surface area contributed by atoms with Gasteiger partial charge in [-0.25, -0.2) is 9.18 Å². The molecule has 1 atom stereocenters. The molecule has 1 aliphatic carbocycles. The van der Waals surface area contributed by atoms with E-state index in [0.29, 0.717) is 0 Å². The fourth-order valence-corrected chi connectivity index (χ4v) is 2.56. The van der Waals surface area contributed by atoms with Crippen LogP contribution in [0.2, 0.25) is 10.0 Å². The monoisotopic (exact) mass is 334 g/mol. The normalized spacial score (nSPS) is 15.4. The van der Waals surface area contributed by atoms with Crippen LogP contribution in [-0.2, 0) is 4.79 Å². The van der Waals surface area contributed by atoms with Crippen LogP contribution < -0.4 is 10.6 Å². The molecule has 2 amide bonds. The number of carbonyl (C=O) groups is 2. The first-order valence-corrected chi connectivity index (χ1v) is 7.06. The molecule has 2 rings (SSSR count). The molecule has 5 nitrogen and oxygen atoms in total. The van der Waals surface area contributed by atoms with Gasteiger partial charge in [-0.15, -0.1) is 0 Å². The van der Waals surface area contributed by atoms with Gasteiger partial charge in [0.1, 0.15) is 5.82 Å². The molecule has 1 unspecified atom stereocenters. The van der Waals surface area contributed by atoms with Gasteiger partial charge in [-0.3, -0.25) is 4.79 Å². The molecular formula is C13H13Cl2FN2O3.